The third-order valence-electron chi connectivity index (χ3n) is 2.33. The van der Waals surface area contributed by atoms with Gasteiger partial charge in [0.15, 0.2) is 5.43 Å². The minimum atomic E-state index is -1.31. The first kappa shape index (κ1) is 13.7. The summed E-state index contributed by atoms with van der Waals surface area (Å²) in [5, 5.41) is 11.4. The van der Waals surface area contributed by atoms with Crippen molar-refractivity contribution < 1.29 is 14.7 Å². The Bertz CT molecular complexity index is 545. The molecule has 0 spiro atoms. The van der Waals surface area contributed by atoms with E-state index in [0.717, 1.165) is 0 Å². The van der Waals surface area contributed by atoms with Crippen LogP contribution in [0.3, 0.4) is 0 Å². The lowest BCUT2D eigenvalue weighted by molar-refractivity contribution is -0.121. The summed E-state index contributed by atoms with van der Waals surface area (Å²) in [6, 6.07) is 1.20. The SMILES string of the molecule is C=CCNC(=O)Cn1cc(C(=O)O)c(=O)cc1C. The molecule has 0 aliphatic rings. The summed E-state index contributed by atoms with van der Waals surface area (Å²) in [6.07, 6.45) is 2.71. The molecule has 0 aromatic carbocycles. The van der Waals surface area contributed by atoms with Crippen LogP contribution in [0.2, 0.25) is 0 Å². The van der Waals surface area contributed by atoms with Crippen LogP contribution in [0.25, 0.3) is 0 Å². The van der Waals surface area contributed by atoms with E-state index in [-0.39, 0.29) is 18.0 Å². The number of rotatable bonds is 5. The smallest absolute Gasteiger partial charge is 0.341 e. The third-order valence-corrected chi connectivity index (χ3v) is 2.33. The molecule has 0 saturated carbocycles. The maximum absolute atomic E-state index is 11.5. The summed E-state index contributed by atoms with van der Waals surface area (Å²) >= 11 is 0. The molecule has 2 N–H and O–H groups in total. The van der Waals surface area contributed by atoms with Crippen LogP contribution in [-0.4, -0.2) is 28.1 Å². The Labute approximate surface area is 104 Å². The fourth-order valence-electron chi connectivity index (χ4n) is 1.40. The molecule has 1 heterocycles. The molecule has 6 heteroatoms. The lowest BCUT2D eigenvalue weighted by Crippen LogP contribution is -2.29. The van der Waals surface area contributed by atoms with Crippen molar-refractivity contribution >= 4 is 11.9 Å². The molecular formula is C12H14N2O4. The Morgan fingerprint density at radius 1 is 1.56 bits per heavy atom. The highest BCUT2D eigenvalue weighted by atomic mass is 16.4. The van der Waals surface area contributed by atoms with Crippen molar-refractivity contribution in [3.63, 3.8) is 0 Å². The Morgan fingerprint density at radius 3 is 2.78 bits per heavy atom. The fourth-order valence-corrected chi connectivity index (χ4v) is 1.40. The van der Waals surface area contributed by atoms with Crippen LogP contribution in [-0.2, 0) is 11.3 Å². The molecule has 96 valence electrons. The predicted octanol–water partition coefficient (Wildman–Crippen LogP) is 0.157. The standard InChI is InChI=1S/C12H14N2O4/c1-3-4-13-11(16)7-14-6-9(12(17)18)10(15)5-8(14)2/h3,5-6H,1,4,7H2,2H3,(H,13,16)(H,17,18). The molecule has 18 heavy (non-hydrogen) atoms. The monoisotopic (exact) mass is 250 g/mol. The zero-order chi connectivity index (χ0) is 13.7. The molecule has 0 fully saturated rings. The van der Waals surface area contributed by atoms with Gasteiger partial charge in [0.2, 0.25) is 5.91 Å². The number of hydrogen-bond acceptors (Lipinski definition) is 3. The number of nitrogens with one attached hydrogen (secondary N) is 1. The Kier molecular flexibility index (Phi) is 4.42. The Hall–Kier alpha value is -2.37. The first-order valence-corrected chi connectivity index (χ1v) is 5.27. The average Bonchev–Trinajstić information content (AvgIpc) is 2.29. The Balaban J connectivity index is 2.99. The van der Waals surface area contributed by atoms with Gasteiger partial charge >= 0.3 is 5.97 Å². The number of nitrogens with zero attached hydrogens (tertiary/aromatic N) is 1. The molecule has 0 unspecified atom stereocenters. The second-order valence-corrected chi connectivity index (χ2v) is 3.72. The summed E-state index contributed by atoms with van der Waals surface area (Å²) in [5.74, 6) is -1.58. The van der Waals surface area contributed by atoms with Crippen LogP contribution in [0, 0.1) is 6.92 Å². The molecule has 0 bridgehead atoms. The second-order valence-electron chi connectivity index (χ2n) is 3.72. The number of amides is 1. The number of carboxylic acid groups (broad SMARTS) is 1. The van der Waals surface area contributed by atoms with Gasteiger partial charge < -0.3 is 15.0 Å². The summed E-state index contributed by atoms with van der Waals surface area (Å²) < 4.78 is 1.42. The highest BCUT2D eigenvalue weighted by Crippen LogP contribution is 1.99. The maximum atomic E-state index is 11.5. The molecule has 1 aromatic rings. The van der Waals surface area contributed by atoms with Crippen LogP contribution < -0.4 is 10.7 Å². The van der Waals surface area contributed by atoms with Gasteiger partial charge in [0, 0.05) is 24.5 Å². The van der Waals surface area contributed by atoms with Gasteiger partial charge in [-0.3, -0.25) is 9.59 Å². The Morgan fingerprint density at radius 2 is 2.22 bits per heavy atom. The van der Waals surface area contributed by atoms with Crippen LogP contribution in [0.5, 0.6) is 0 Å². The van der Waals surface area contributed by atoms with Crippen molar-refractivity contribution in [2.75, 3.05) is 6.54 Å². The molecule has 0 atom stereocenters. The average molecular weight is 250 g/mol. The van der Waals surface area contributed by atoms with Crippen LogP contribution >= 0.6 is 0 Å². The van der Waals surface area contributed by atoms with Gasteiger partial charge in [0.1, 0.15) is 12.1 Å². The van der Waals surface area contributed by atoms with E-state index < -0.39 is 11.4 Å². The van der Waals surface area contributed by atoms with Crippen LogP contribution in [0.4, 0.5) is 0 Å². The minimum absolute atomic E-state index is 0.0414. The van der Waals surface area contributed by atoms with E-state index in [2.05, 4.69) is 11.9 Å². The zero-order valence-corrected chi connectivity index (χ0v) is 9.97. The molecule has 6 nitrogen and oxygen atoms in total. The topological polar surface area (TPSA) is 88.4 Å². The number of carbonyl (C=O) groups excluding carboxylic acids is 1. The number of hydrogen-bond donors (Lipinski definition) is 2. The second kappa shape index (κ2) is 5.81. The van der Waals surface area contributed by atoms with E-state index in [1.807, 2.05) is 0 Å². The van der Waals surface area contributed by atoms with E-state index in [9.17, 15) is 14.4 Å². The third kappa shape index (κ3) is 3.31. The van der Waals surface area contributed by atoms with Gasteiger partial charge in [-0.2, -0.15) is 0 Å². The molecular weight excluding hydrogens is 236 g/mol. The normalized spacial score (nSPS) is 9.83. The van der Waals surface area contributed by atoms with Crippen LogP contribution in [0.15, 0.2) is 29.7 Å². The van der Waals surface area contributed by atoms with E-state index in [0.29, 0.717) is 12.2 Å². The van der Waals surface area contributed by atoms with Gasteiger partial charge in [-0.05, 0) is 6.92 Å². The number of aromatic carboxylic acids is 1. The van der Waals surface area contributed by atoms with Gasteiger partial charge in [-0.15, -0.1) is 6.58 Å². The fraction of sp³-hybridized carbons (Fsp3) is 0.250. The number of pyridine rings is 1. The number of carbonyl (C=O) groups is 2. The first-order valence-electron chi connectivity index (χ1n) is 5.27. The van der Waals surface area contributed by atoms with Gasteiger partial charge in [-0.1, -0.05) is 6.08 Å². The van der Waals surface area contributed by atoms with Crippen molar-refractivity contribution in [2.24, 2.45) is 0 Å². The molecule has 0 radical (unpaired) electrons. The highest BCUT2D eigenvalue weighted by molar-refractivity contribution is 5.87. The maximum Gasteiger partial charge on any atom is 0.341 e. The van der Waals surface area contributed by atoms with E-state index in [1.165, 1.54) is 16.8 Å². The van der Waals surface area contributed by atoms with Gasteiger partial charge in [0.05, 0.1) is 0 Å². The summed E-state index contributed by atoms with van der Waals surface area (Å²) in [4.78, 5) is 33.7. The highest BCUT2D eigenvalue weighted by Gasteiger charge is 2.12. The molecule has 0 aliphatic heterocycles. The van der Waals surface area contributed by atoms with Crippen molar-refractivity contribution in [1.29, 1.82) is 0 Å². The van der Waals surface area contributed by atoms with E-state index >= 15 is 0 Å². The predicted molar refractivity (Wildman–Crippen MR) is 65.6 cm³/mol. The molecule has 0 aliphatic carbocycles. The minimum Gasteiger partial charge on any atom is -0.477 e. The van der Waals surface area contributed by atoms with Crippen molar-refractivity contribution in [2.45, 2.75) is 13.5 Å². The summed E-state index contributed by atoms with van der Waals surface area (Å²) in [5.41, 5.74) is -0.390. The van der Waals surface area contributed by atoms with E-state index in [1.54, 1.807) is 13.0 Å². The molecule has 0 saturated heterocycles. The number of carboxylic acids is 1. The number of aromatic nitrogens is 1. The van der Waals surface area contributed by atoms with Crippen molar-refractivity contribution in [3.05, 3.63) is 46.4 Å². The number of aryl methyl sites for hydroxylation is 1. The lowest BCUT2D eigenvalue weighted by Gasteiger charge is -2.11. The molecule has 1 amide bonds. The quantitative estimate of drug-likeness (QED) is 0.728. The zero-order valence-electron chi connectivity index (χ0n) is 9.97. The first-order chi connectivity index (χ1) is 8.45. The van der Waals surface area contributed by atoms with Crippen molar-refractivity contribution in [3.8, 4) is 0 Å². The van der Waals surface area contributed by atoms with Crippen molar-refractivity contribution in [1.82, 2.24) is 9.88 Å². The van der Waals surface area contributed by atoms with Crippen LogP contribution in [0.1, 0.15) is 16.1 Å². The van der Waals surface area contributed by atoms with Gasteiger partial charge in [-0.25, -0.2) is 4.79 Å². The van der Waals surface area contributed by atoms with E-state index in [4.69, 9.17) is 5.11 Å². The lowest BCUT2D eigenvalue weighted by atomic mass is 10.2. The largest absolute Gasteiger partial charge is 0.477 e. The summed E-state index contributed by atoms with van der Waals surface area (Å²) in [7, 11) is 0. The molecule has 1 aromatic heterocycles. The molecule has 1 rings (SSSR count). The summed E-state index contributed by atoms with van der Waals surface area (Å²) in [6.45, 7) is 5.39. The van der Waals surface area contributed by atoms with Gasteiger partial charge in [0.25, 0.3) is 0 Å².